The molecule has 1 aromatic heterocycles. The molecule has 1 atom stereocenters. The Balaban J connectivity index is 3.08. The summed E-state index contributed by atoms with van der Waals surface area (Å²) in [5.41, 5.74) is 0. The highest BCUT2D eigenvalue weighted by Gasteiger charge is 2.24. The number of carboxylic acids is 1. The van der Waals surface area contributed by atoms with Crippen LogP contribution in [0.3, 0.4) is 0 Å². The molecule has 0 aliphatic heterocycles. The van der Waals surface area contributed by atoms with E-state index in [-0.39, 0.29) is 4.47 Å². The Morgan fingerprint density at radius 1 is 1.86 bits per heavy atom. The summed E-state index contributed by atoms with van der Waals surface area (Å²) in [6.07, 6.45) is 1.26. The number of halogens is 1. The third-order valence-corrected chi connectivity index (χ3v) is 2.16. The Bertz CT molecular complexity index is 388. The van der Waals surface area contributed by atoms with Crippen molar-refractivity contribution in [3.63, 3.8) is 0 Å². The van der Waals surface area contributed by atoms with Crippen LogP contribution in [0.5, 0.6) is 0 Å². The number of aliphatic carboxylic acids is 1. The van der Waals surface area contributed by atoms with Crippen LogP contribution in [-0.2, 0) is 4.79 Å². The van der Waals surface area contributed by atoms with E-state index in [1.807, 2.05) is 0 Å². The van der Waals surface area contributed by atoms with E-state index < -0.39 is 22.8 Å². The summed E-state index contributed by atoms with van der Waals surface area (Å²) in [4.78, 5) is 20.2. The van der Waals surface area contributed by atoms with Crippen molar-refractivity contribution in [3.05, 3.63) is 20.8 Å². The van der Waals surface area contributed by atoms with Crippen molar-refractivity contribution >= 4 is 27.7 Å². The summed E-state index contributed by atoms with van der Waals surface area (Å²) in [5, 5.41) is 22.5. The fourth-order valence-electron chi connectivity index (χ4n) is 0.795. The highest BCUT2D eigenvalue weighted by molar-refractivity contribution is 9.10. The normalized spacial score (nSPS) is 12.4. The van der Waals surface area contributed by atoms with Crippen molar-refractivity contribution in [2.75, 3.05) is 0 Å². The number of nitro groups is 1. The Labute approximate surface area is 86.6 Å². The molecule has 0 aliphatic rings. The van der Waals surface area contributed by atoms with Crippen LogP contribution in [0.15, 0.2) is 10.7 Å². The number of hydrogen-bond acceptors (Lipinski definition) is 4. The lowest BCUT2D eigenvalue weighted by atomic mass is 10.4. The summed E-state index contributed by atoms with van der Waals surface area (Å²) >= 11 is 2.92. The largest absolute Gasteiger partial charge is 0.480 e. The fourth-order valence-corrected chi connectivity index (χ4v) is 1.23. The van der Waals surface area contributed by atoms with Crippen molar-refractivity contribution in [1.29, 1.82) is 0 Å². The predicted octanol–water partition coefficient (Wildman–Crippen LogP) is 1.20. The van der Waals surface area contributed by atoms with E-state index in [0.29, 0.717) is 0 Å². The third-order valence-electron chi connectivity index (χ3n) is 1.60. The molecule has 0 bridgehead atoms. The molecule has 0 aliphatic carbocycles. The van der Waals surface area contributed by atoms with Crippen LogP contribution in [0.1, 0.15) is 13.0 Å². The van der Waals surface area contributed by atoms with Gasteiger partial charge in [0.15, 0.2) is 6.04 Å². The molecular formula is C6H6BrN3O4. The lowest BCUT2D eigenvalue weighted by Crippen LogP contribution is -2.16. The highest BCUT2D eigenvalue weighted by Crippen LogP contribution is 2.23. The molecule has 1 unspecified atom stereocenters. The van der Waals surface area contributed by atoms with E-state index in [1.54, 1.807) is 0 Å². The summed E-state index contributed by atoms with van der Waals surface area (Å²) in [5.74, 6) is -1.49. The first-order valence-corrected chi connectivity index (χ1v) is 4.34. The van der Waals surface area contributed by atoms with Crippen LogP contribution in [0, 0.1) is 10.1 Å². The van der Waals surface area contributed by atoms with E-state index in [1.165, 1.54) is 13.1 Å². The molecule has 76 valence electrons. The minimum atomic E-state index is -1.10. The van der Waals surface area contributed by atoms with Crippen LogP contribution in [0.25, 0.3) is 0 Å². The molecule has 1 heterocycles. The molecule has 1 rings (SSSR count). The molecule has 1 N–H and O–H groups in total. The molecule has 0 fully saturated rings. The summed E-state index contributed by atoms with van der Waals surface area (Å²) in [7, 11) is 0. The van der Waals surface area contributed by atoms with Gasteiger partial charge in [0.2, 0.25) is 0 Å². The summed E-state index contributed by atoms with van der Waals surface area (Å²) in [6.45, 7) is 1.38. The van der Waals surface area contributed by atoms with E-state index >= 15 is 0 Å². The summed E-state index contributed by atoms with van der Waals surface area (Å²) in [6, 6.07) is -0.931. The van der Waals surface area contributed by atoms with E-state index in [4.69, 9.17) is 5.11 Å². The van der Waals surface area contributed by atoms with Gasteiger partial charge in [-0.3, -0.25) is 0 Å². The quantitative estimate of drug-likeness (QED) is 0.653. The molecule has 0 saturated carbocycles. The smallest absolute Gasteiger partial charge is 0.404 e. The maximum atomic E-state index is 10.5. The lowest BCUT2D eigenvalue weighted by molar-refractivity contribution is -0.390. The monoisotopic (exact) mass is 263 g/mol. The minimum Gasteiger partial charge on any atom is -0.480 e. The first kappa shape index (κ1) is 10.6. The van der Waals surface area contributed by atoms with Crippen LogP contribution in [0.4, 0.5) is 5.82 Å². The molecule has 0 spiro atoms. The van der Waals surface area contributed by atoms with Gasteiger partial charge in [-0.15, -0.1) is 0 Å². The van der Waals surface area contributed by atoms with E-state index in [0.717, 1.165) is 4.68 Å². The van der Waals surface area contributed by atoms with Gasteiger partial charge in [0.05, 0.1) is 11.3 Å². The zero-order valence-corrected chi connectivity index (χ0v) is 8.63. The van der Waals surface area contributed by atoms with Gasteiger partial charge < -0.3 is 15.2 Å². The molecular weight excluding hydrogens is 258 g/mol. The minimum absolute atomic E-state index is 0.163. The number of carboxylic acid groups (broad SMARTS) is 1. The van der Waals surface area contributed by atoms with Gasteiger partial charge >= 0.3 is 11.8 Å². The van der Waals surface area contributed by atoms with Crippen molar-refractivity contribution in [3.8, 4) is 0 Å². The van der Waals surface area contributed by atoms with E-state index in [9.17, 15) is 14.9 Å². The molecule has 7 nitrogen and oxygen atoms in total. The SMILES string of the molecule is CC(C(=O)O)n1cc(Br)c([N+](=O)[O-])n1. The number of carbonyl (C=O) groups is 1. The van der Waals surface area contributed by atoms with Gasteiger partial charge in [0.25, 0.3) is 0 Å². The average Bonchev–Trinajstić information content (AvgIpc) is 2.45. The number of nitrogens with zero attached hydrogens (tertiary/aromatic N) is 3. The van der Waals surface area contributed by atoms with Crippen LogP contribution >= 0.6 is 15.9 Å². The molecule has 0 aromatic carbocycles. The van der Waals surface area contributed by atoms with Crippen molar-refractivity contribution in [2.24, 2.45) is 0 Å². The van der Waals surface area contributed by atoms with Gasteiger partial charge in [-0.25, -0.2) is 4.79 Å². The van der Waals surface area contributed by atoms with Crippen LogP contribution < -0.4 is 0 Å². The Hall–Kier alpha value is -1.44. The highest BCUT2D eigenvalue weighted by atomic mass is 79.9. The topological polar surface area (TPSA) is 98.3 Å². The summed E-state index contributed by atoms with van der Waals surface area (Å²) < 4.78 is 1.18. The lowest BCUT2D eigenvalue weighted by Gasteiger charge is -1.99. The van der Waals surface area contributed by atoms with Crippen LogP contribution in [-0.4, -0.2) is 25.8 Å². The van der Waals surface area contributed by atoms with Gasteiger partial charge in [0.1, 0.15) is 4.47 Å². The Morgan fingerprint density at radius 2 is 2.43 bits per heavy atom. The van der Waals surface area contributed by atoms with Gasteiger partial charge in [0, 0.05) is 0 Å². The zero-order valence-electron chi connectivity index (χ0n) is 7.05. The van der Waals surface area contributed by atoms with Crippen LogP contribution in [0.2, 0.25) is 0 Å². The van der Waals surface area contributed by atoms with Crippen molar-refractivity contribution in [1.82, 2.24) is 9.78 Å². The van der Waals surface area contributed by atoms with Gasteiger partial charge in [-0.2, -0.15) is 4.68 Å². The molecule has 0 radical (unpaired) electrons. The Kier molecular flexibility index (Phi) is 2.84. The zero-order chi connectivity index (χ0) is 10.9. The number of hydrogen-bond donors (Lipinski definition) is 1. The second-order valence-electron chi connectivity index (χ2n) is 2.55. The maximum absolute atomic E-state index is 10.5. The maximum Gasteiger partial charge on any atom is 0.404 e. The number of rotatable bonds is 3. The second-order valence-corrected chi connectivity index (χ2v) is 3.41. The third kappa shape index (κ3) is 1.90. The number of aromatic nitrogens is 2. The first-order chi connectivity index (χ1) is 6.43. The van der Waals surface area contributed by atoms with Gasteiger partial charge in [-0.1, -0.05) is 0 Å². The molecule has 0 amide bonds. The Morgan fingerprint density at radius 3 is 2.79 bits per heavy atom. The molecule has 1 aromatic rings. The van der Waals surface area contributed by atoms with Crippen molar-refractivity contribution < 1.29 is 14.8 Å². The molecule has 0 saturated heterocycles. The molecule has 8 heteroatoms. The van der Waals surface area contributed by atoms with E-state index in [2.05, 4.69) is 21.0 Å². The van der Waals surface area contributed by atoms with Crippen molar-refractivity contribution in [2.45, 2.75) is 13.0 Å². The predicted molar refractivity (Wildman–Crippen MR) is 48.9 cm³/mol. The second kappa shape index (κ2) is 3.74. The standard InChI is InChI=1S/C6H6BrN3O4/c1-3(6(11)12)9-2-4(7)5(8-9)10(13)14/h2-3H,1H3,(H,11,12). The van der Waals surface area contributed by atoms with Gasteiger partial charge in [-0.05, 0) is 27.8 Å². The molecule has 14 heavy (non-hydrogen) atoms. The first-order valence-electron chi connectivity index (χ1n) is 3.55. The fraction of sp³-hybridized carbons (Fsp3) is 0.333. The average molecular weight is 264 g/mol.